The third-order valence-corrected chi connectivity index (χ3v) is 2.17. The van der Waals surface area contributed by atoms with Gasteiger partial charge in [0.05, 0.1) is 6.20 Å². The smallest absolute Gasteiger partial charge is 0.225 e. The number of nitrogens with zero attached hydrogens (tertiary/aromatic N) is 2. The number of rotatable bonds is 1. The molecule has 74 valence electrons. The molecule has 0 spiro atoms. The maximum absolute atomic E-state index is 5.38. The summed E-state index contributed by atoms with van der Waals surface area (Å²) in [7, 11) is 0. The zero-order valence-corrected chi connectivity index (χ0v) is 8.10. The van der Waals surface area contributed by atoms with Crippen LogP contribution in [-0.2, 0) is 0 Å². The summed E-state index contributed by atoms with van der Waals surface area (Å²) < 4.78 is 10.6. The van der Waals surface area contributed by atoms with Crippen LogP contribution in [0.2, 0.25) is 0 Å². The first-order valence-corrected chi connectivity index (χ1v) is 4.60. The topological polar surface area (TPSA) is 52.1 Å². The summed E-state index contributed by atoms with van der Waals surface area (Å²) in [5.41, 5.74) is 2.51. The molecular weight excluding hydrogens is 192 g/mol. The van der Waals surface area contributed by atoms with Crippen molar-refractivity contribution in [3.63, 3.8) is 0 Å². The molecule has 0 aliphatic heterocycles. The zero-order chi connectivity index (χ0) is 10.3. The van der Waals surface area contributed by atoms with E-state index >= 15 is 0 Å². The van der Waals surface area contributed by atoms with Gasteiger partial charge < -0.3 is 8.83 Å². The van der Waals surface area contributed by atoms with Crippen molar-refractivity contribution >= 4 is 11.1 Å². The van der Waals surface area contributed by atoms with Crippen molar-refractivity contribution in [1.82, 2.24) is 9.97 Å². The van der Waals surface area contributed by atoms with Gasteiger partial charge in [-0.3, -0.25) is 0 Å². The van der Waals surface area contributed by atoms with Gasteiger partial charge in [-0.05, 0) is 18.2 Å². The molecule has 0 unspecified atom stereocenters. The van der Waals surface area contributed by atoms with Gasteiger partial charge in [-0.1, -0.05) is 0 Å². The highest BCUT2D eigenvalue weighted by Gasteiger charge is 2.06. The van der Waals surface area contributed by atoms with Crippen LogP contribution >= 0.6 is 0 Å². The van der Waals surface area contributed by atoms with Gasteiger partial charge in [-0.25, -0.2) is 9.97 Å². The summed E-state index contributed by atoms with van der Waals surface area (Å²) in [5.74, 6) is 1.26. The highest BCUT2D eigenvalue weighted by atomic mass is 16.3. The minimum Gasteiger partial charge on any atom is -0.445 e. The molecule has 0 amide bonds. The molecule has 0 N–H and O–H groups in total. The van der Waals surface area contributed by atoms with E-state index in [-0.39, 0.29) is 0 Å². The number of oxazole rings is 2. The molecule has 0 radical (unpaired) electrons. The number of hydrogen-bond donors (Lipinski definition) is 0. The Kier molecular flexibility index (Phi) is 1.62. The molecule has 3 aromatic rings. The average Bonchev–Trinajstić information content (AvgIpc) is 2.82. The van der Waals surface area contributed by atoms with E-state index in [4.69, 9.17) is 8.83 Å². The first-order valence-electron chi connectivity index (χ1n) is 4.60. The summed E-state index contributed by atoms with van der Waals surface area (Å²) in [6.45, 7) is 1.82. The maximum Gasteiger partial charge on any atom is 0.225 e. The molecular formula is C11H8N2O2. The molecule has 1 aromatic carbocycles. The van der Waals surface area contributed by atoms with Gasteiger partial charge >= 0.3 is 0 Å². The van der Waals surface area contributed by atoms with Crippen molar-refractivity contribution in [2.24, 2.45) is 0 Å². The molecule has 3 rings (SSSR count). The molecule has 0 bridgehead atoms. The summed E-state index contributed by atoms with van der Waals surface area (Å²) in [5, 5.41) is 0. The average molecular weight is 200 g/mol. The summed E-state index contributed by atoms with van der Waals surface area (Å²) >= 11 is 0. The molecule has 2 heterocycles. The highest BCUT2D eigenvalue weighted by molar-refractivity contribution is 5.78. The lowest BCUT2D eigenvalue weighted by Crippen LogP contribution is -1.77. The van der Waals surface area contributed by atoms with Gasteiger partial charge in [0, 0.05) is 12.5 Å². The fourth-order valence-corrected chi connectivity index (χ4v) is 1.54. The van der Waals surface area contributed by atoms with E-state index in [9.17, 15) is 0 Å². The first kappa shape index (κ1) is 8.23. The Morgan fingerprint density at radius 3 is 3.00 bits per heavy atom. The van der Waals surface area contributed by atoms with Crippen LogP contribution in [0.1, 0.15) is 5.89 Å². The number of benzene rings is 1. The van der Waals surface area contributed by atoms with Gasteiger partial charge in [-0.15, -0.1) is 0 Å². The van der Waals surface area contributed by atoms with E-state index in [0.717, 1.165) is 16.7 Å². The van der Waals surface area contributed by atoms with Crippen molar-refractivity contribution in [2.45, 2.75) is 6.92 Å². The Labute approximate surface area is 85.6 Å². The lowest BCUT2D eigenvalue weighted by atomic mass is 10.2. The molecule has 2 aromatic heterocycles. The Bertz CT molecular complexity index is 596. The molecule has 0 aliphatic carbocycles. The van der Waals surface area contributed by atoms with Crippen LogP contribution in [0.5, 0.6) is 0 Å². The van der Waals surface area contributed by atoms with Crippen LogP contribution in [0.25, 0.3) is 22.6 Å². The van der Waals surface area contributed by atoms with Crippen molar-refractivity contribution in [3.05, 3.63) is 36.5 Å². The van der Waals surface area contributed by atoms with Crippen LogP contribution < -0.4 is 0 Å². The molecule has 0 saturated heterocycles. The summed E-state index contributed by atoms with van der Waals surface area (Å²) in [6.07, 6.45) is 3.17. The zero-order valence-electron chi connectivity index (χ0n) is 8.10. The standard InChI is InChI=1S/C11H8N2O2/c1-7-13-9-6-8(2-3-10(9)15-7)11-12-4-5-14-11/h2-6H,1H3. The second-order valence-electron chi connectivity index (χ2n) is 3.25. The van der Waals surface area contributed by atoms with Gasteiger partial charge in [0.25, 0.3) is 0 Å². The predicted octanol–water partition coefficient (Wildman–Crippen LogP) is 2.79. The van der Waals surface area contributed by atoms with E-state index < -0.39 is 0 Å². The second-order valence-corrected chi connectivity index (χ2v) is 3.25. The fourth-order valence-electron chi connectivity index (χ4n) is 1.54. The van der Waals surface area contributed by atoms with Crippen molar-refractivity contribution in [1.29, 1.82) is 0 Å². The van der Waals surface area contributed by atoms with E-state index in [1.165, 1.54) is 0 Å². The van der Waals surface area contributed by atoms with Crippen LogP contribution in [0.15, 0.2) is 39.5 Å². The monoisotopic (exact) mass is 200 g/mol. The molecule has 0 aliphatic rings. The van der Waals surface area contributed by atoms with Gasteiger partial charge in [0.15, 0.2) is 11.5 Å². The third kappa shape index (κ3) is 1.30. The van der Waals surface area contributed by atoms with E-state index in [2.05, 4.69) is 9.97 Å². The van der Waals surface area contributed by atoms with Crippen LogP contribution in [0, 0.1) is 6.92 Å². The number of fused-ring (bicyclic) bond motifs is 1. The number of hydrogen-bond acceptors (Lipinski definition) is 4. The predicted molar refractivity (Wildman–Crippen MR) is 54.2 cm³/mol. The fraction of sp³-hybridized carbons (Fsp3) is 0.0909. The van der Waals surface area contributed by atoms with Gasteiger partial charge in [-0.2, -0.15) is 0 Å². The Morgan fingerprint density at radius 1 is 1.27 bits per heavy atom. The highest BCUT2D eigenvalue weighted by Crippen LogP contribution is 2.23. The minimum absolute atomic E-state index is 0.595. The maximum atomic E-state index is 5.38. The molecule has 0 saturated carbocycles. The van der Waals surface area contributed by atoms with Crippen LogP contribution in [0.3, 0.4) is 0 Å². The molecule has 15 heavy (non-hydrogen) atoms. The van der Waals surface area contributed by atoms with Crippen LogP contribution in [-0.4, -0.2) is 9.97 Å². The van der Waals surface area contributed by atoms with Gasteiger partial charge in [0.1, 0.15) is 11.8 Å². The summed E-state index contributed by atoms with van der Waals surface area (Å²) in [4.78, 5) is 8.32. The van der Waals surface area contributed by atoms with E-state index in [1.54, 1.807) is 12.5 Å². The summed E-state index contributed by atoms with van der Waals surface area (Å²) in [6, 6.07) is 5.67. The molecule has 4 nitrogen and oxygen atoms in total. The lowest BCUT2D eigenvalue weighted by Gasteiger charge is -1.93. The Morgan fingerprint density at radius 2 is 2.20 bits per heavy atom. The second kappa shape index (κ2) is 2.95. The van der Waals surface area contributed by atoms with Crippen molar-refractivity contribution < 1.29 is 8.83 Å². The number of aromatic nitrogens is 2. The minimum atomic E-state index is 0.595. The van der Waals surface area contributed by atoms with Crippen molar-refractivity contribution in [2.75, 3.05) is 0 Å². The molecule has 0 fully saturated rings. The third-order valence-electron chi connectivity index (χ3n) is 2.17. The molecule has 4 heteroatoms. The lowest BCUT2D eigenvalue weighted by molar-refractivity contribution is 0.561. The van der Waals surface area contributed by atoms with Gasteiger partial charge in [0.2, 0.25) is 5.89 Å². The normalized spacial score (nSPS) is 11.0. The Balaban J connectivity index is 2.21. The quantitative estimate of drug-likeness (QED) is 0.606. The molecule has 0 atom stereocenters. The van der Waals surface area contributed by atoms with Crippen molar-refractivity contribution in [3.8, 4) is 11.5 Å². The number of aryl methyl sites for hydroxylation is 1. The van der Waals surface area contributed by atoms with E-state index in [0.29, 0.717) is 11.8 Å². The largest absolute Gasteiger partial charge is 0.445 e. The van der Waals surface area contributed by atoms with E-state index in [1.807, 2.05) is 25.1 Å². The first-order chi connectivity index (χ1) is 7.33. The van der Waals surface area contributed by atoms with Crippen LogP contribution in [0.4, 0.5) is 0 Å². The SMILES string of the molecule is Cc1nc2cc(-c3ncco3)ccc2o1. The Hall–Kier alpha value is -2.10.